The number of aromatic nitrogens is 2. The maximum absolute atomic E-state index is 11.6. The summed E-state index contributed by atoms with van der Waals surface area (Å²) >= 11 is 1.59. The van der Waals surface area contributed by atoms with Gasteiger partial charge in [-0.25, -0.2) is 0 Å². The molecule has 3 rings (SSSR count). The van der Waals surface area contributed by atoms with Gasteiger partial charge in [0.05, 0.1) is 11.1 Å². The number of nitrogens with zero attached hydrogens (tertiary/aromatic N) is 2. The number of hydrogen-bond acceptors (Lipinski definition) is 6. The van der Waals surface area contributed by atoms with E-state index < -0.39 is 0 Å². The molecule has 130 valence electrons. The molecule has 3 aromatic rings. The van der Waals surface area contributed by atoms with E-state index in [1.165, 1.54) is 6.08 Å². The number of carbonyl (C=O) groups is 1. The number of nitrogens with one attached hydrogen (secondary N) is 1. The molecular formula is C18H19N3O3S. The molecule has 0 aliphatic heterocycles. The topological polar surface area (TPSA) is 81.2 Å². The number of rotatable bonds is 9. The van der Waals surface area contributed by atoms with E-state index in [4.69, 9.17) is 8.94 Å². The minimum absolute atomic E-state index is 0.117. The fourth-order valence-electron chi connectivity index (χ4n) is 2.25. The highest BCUT2D eigenvalue weighted by atomic mass is 32.1. The van der Waals surface area contributed by atoms with Crippen molar-refractivity contribution in [2.75, 3.05) is 6.54 Å². The van der Waals surface area contributed by atoms with Crippen LogP contribution in [0, 0.1) is 0 Å². The van der Waals surface area contributed by atoms with Gasteiger partial charge >= 0.3 is 0 Å². The van der Waals surface area contributed by atoms with Crippen molar-refractivity contribution < 1.29 is 13.7 Å². The maximum atomic E-state index is 11.6. The van der Waals surface area contributed by atoms with Gasteiger partial charge in [-0.15, -0.1) is 11.3 Å². The highest BCUT2D eigenvalue weighted by molar-refractivity contribution is 7.13. The lowest BCUT2D eigenvalue weighted by molar-refractivity contribution is -0.116. The van der Waals surface area contributed by atoms with E-state index in [1.54, 1.807) is 35.8 Å². The zero-order chi connectivity index (χ0) is 17.3. The van der Waals surface area contributed by atoms with E-state index in [-0.39, 0.29) is 5.91 Å². The van der Waals surface area contributed by atoms with E-state index >= 15 is 0 Å². The molecule has 3 aromatic heterocycles. The molecule has 25 heavy (non-hydrogen) atoms. The molecule has 0 fully saturated rings. The lowest BCUT2D eigenvalue weighted by Gasteiger charge is -2.01. The molecule has 0 unspecified atom stereocenters. The predicted molar refractivity (Wildman–Crippen MR) is 95.9 cm³/mol. The molecule has 1 amide bonds. The van der Waals surface area contributed by atoms with E-state index in [9.17, 15) is 4.79 Å². The second-order valence-corrected chi connectivity index (χ2v) is 6.39. The van der Waals surface area contributed by atoms with Crippen molar-refractivity contribution in [2.24, 2.45) is 0 Å². The predicted octanol–water partition coefficient (Wildman–Crippen LogP) is 3.93. The molecule has 0 spiro atoms. The second-order valence-electron chi connectivity index (χ2n) is 5.44. The Bertz CT molecular complexity index is 792. The van der Waals surface area contributed by atoms with Crippen molar-refractivity contribution in [3.63, 3.8) is 0 Å². The Hall–Kier alpha value is -2.67. The van der Waals surface area contributed by atoms with Crippen LogP contribution in [0.15, 0.2) is 50.9 Å². The number of carbonyl (C=O) groups excluding carboxylic acids is 1. The van der Waals surface area contributed by atoms with Crippen LogP contribution in [0.3, 0.4) is 0 Å². The second kappa shape index (κ2) is 8.98. The van der Waals surface area contributed by atoms with Crippen LogP contribution >= 0.6 is 11.3 Å². The first-order valence-corrected chi connectivity index (χ1v) is 9.05. The smallest absolute Gasteiger partial charge is 0.244 e. The van der Waals surface area contributed by atoms with E-state index in [0.29, 0.717) is 24.0 Å². The Morgan fingerprint density at radius 3 is 3.00 bits per heavy atom. The number of unbranched alkanes of at least 4 members (excludes halogenated alkanes) is 2. The van der Waals surface area contributed by atoms with Gasteiger partial charge in [0.1, 0.15) is 5.76 Å². The fourth-order valence-corrected chi connectivity index (χ4v) is 2.90. The van der Waals surface area contributed by atoms with Crippen LogP contribution in [0.5, 0.6) is 0 Å². The summed E-state index contributed by atoms with van der Waals surface area (Å²) < 4.78 is 10.4. The third-order valence-corrected chi connectivity index (χ3v) is 4.38. The normalized spacial score (nSPS) is 11.2. The van der Waals surface area contributed by atoms with Crippen LogP contribution in [0.25, 0.3) is 16.8 Å². The SMILES string of the molecule is O=C(/C=C/c1ccco1)NCCCCCc1nc(-c2cccs2)no1. The molecule has 1 N–H and O–H groups in total. The standard InChI is InChI=1S/C18H19N3O3S/c22-16(10-9-14-6-4-12-23-14)19-11-3-1-2-8-17-20-18(21-24-17)15-7-5-13-25-15/h4-7,9-10,12-13H,1-3,8,11H2,(H,19,22)/b10-9+. The monoisotopic (exact) mass is 357 g/mol. The number of amides is 1. The van der Waals surface area contributed by atoms with Crippen molar-refractivity contribution in [1.29, 1.82) is 0 Å². The molecule has 0 aromatic carbocycles. The fraction of sp³-hybridized carbons (Fsp3) is 0.278. The summed E-state index contributed by atoms with van der Waals surface area (Å²) in [4.78, 5) is 17.0. The van der Waals surface area contributed by atoms with Crippen LogP contribution in [0.2, 0.25) is 0 Å². The average molecular weight is 357 g/mol. The quantitative estimate of drug-likeness (QED) is 0.463. The zero-order valence-corrected chi connectivity index (χ0v) is 14.5. The molecule has 0 atom stereocenters. The third-order valence-electron chi connectivity index (χ3n) is 3.52. The Morgan fingerprint density at radius 1 is 1.24 bits per heavy atom. The van der Waals surface area contributed by atoms with Gasteiger partial charge in [0, 0.05) is 19.0 Å². The summed E-state index contributed by atoms with van der Waals surface area (Å²) in [5.41, 5.74) is 0. The molecule has 7 heteroatoms. The van der Waals surface area contributed by atoms with Crippen LogP contribution < -0.4 is 5.32 Å². The number of furan rings is 1. The summed E-state index contributed by atoms with van der Waals surface area (Å²) in [7, 11) is 0. The van der Waals surface area contributed by atoms with E-state index in [1.807, 2.05) is 17.5 Å². The van der Waals surface area contributed by atoms with Gasteiger partial charge in [-0.05, 0) is 42.5 Å². The highest BCUT2D eigenvalue weighted by Crippen LogP contribution is 2.21. The lowest BCUT2D eigenvalue weighted by Crippen LogP contribution is -2.21. The molecule has 0 saturated carbocycles. The van der Waals surface area contributed by atoms with E-state index in [0.717, 1.165) is 30.6 Å². The molecular weight excluding hydrogens is 338 g/mol. The highest BCUT2D eigenvalue weighted by Gasteiger charge is 2.08. The Balaban J connectivity index is 1.28. The van der Waals surface area contributed by atoms with Crippen LogP contribution in [0.4, 0.5) is 0 Å². The number of thiophene rings is 1. The number of aryl methyl sites for hydroxylation is 1. The first-order valence-electron chi connectivity index (χ1n) is 8.17. The Morgan fingerprint density at radius 2 is 2.20 bits per heavy atom. The molecule has 0 bridgehead atoms. The summed E-state index contributed by atoms with van der Waals surface area (Å²) in [6, 6.07) is 7.52. The zero-order valence-electron chi connectivity index (χ0n) is 13.7. The minimum Gasteiger partial charge on any atom is -0.465 e. The van der Waals surface area contributed by atoms with Crippen molar-refractivity contribution in [3.05, 3.63) is 53.6 Å². The van der Waals surface area contributed by atoms with Crippen molar-refractivity contribution in [2.45, 2.75) is 25.7 Å². The van der Waals surface area contributed by atoms with Crippen LogP contribution in [-0.2, 0) is 11.2 Å². The largest absolute Gasteiger partial charge is 0.465 e. The maximum Gasteiger partial charge on any atom is 0.244 e. The van der Waals surface area contributed by atoms with Gasteiger partial charge in [-0.3, -0.25) is 4.79 Å². The van der Waals surface area contributed by atoms with Crippen LogP contribution in [-0.4, -0.2) is 22.6 Å². The number of hydrogen-bond donors (Lipinski definition) is 1. The van der Waals surface area contributed by atoms with Gasteiger partial charge in [0.15, 0.2) is 0 Å². The van der Waals surface area contributed by atoms with Crippen LogP contribution in [0.1, 0.15) is 30.9 Å². The Kier molecular flexibility index (Phi) is 6.17. The molecule has 0 saturated heterocycles. The van der Waals surface area contributed by atoms with E-state index in [2.05, 4.69) is 15.5 Å². The summed E-state index contributed by atoms with van der Waals surface area (Å²) in [6.45, 7) is 0.644. The summed E-state index contributed by atoms with van der Waals surface area (Å²) in [5.74, 6) is 1.86. The molecule has 3 heterocycles. The molecule has 0 aliphatic rings. The van der Waals surface area contributed by atoms with Gasteiger partial charge < -0.3 is 14.3 Å². The third kappa shape index (κ3) is 5.42. The summed E-state index contributed by atoms with van der Waals surface area (Å²) in [6.07, 6.45) is 8.30. The molecule has 0 radical (unpaired) electrons. The lowest BCUT2D eigenvalue weighted by atomic mass is 10.2. The average Bonchev–Trinajstić information content (AvgIpc) is 3.38. The van der Waals surface area contributed by atoms with Gasteiger partial charge in [-0.2, -0.15) is 4.98 Å². The first kappa shape index (κ1) is 17.2. The first-order chi connectivity index (χ1) is 12.3. The Labute approximate surface area is 149 Å². The van der Waals surface area contributed by atoms with Crippen molar-refractivity contribution >= 4 is 23.3 Å². The summed E-state index contributed by atoms with van der Waals surface area (Å²) in [5, 5.41) is 8.83. The van der Waals surface area contributed by atoms with Crippen molar-refractivity contribution in [1.82, 2.24) is 15.5 Å². The van der Waals surface area contributed by atoms with Gasteiger partial charge in [-0.1, -0.05) is 17.6 Å². The van der Waals surface area contributed by atoms with Crippen molar-refractivity contribution in [3.8, 4) is 10.7 Å². The molecule has 0 aliphatic carbocycles. The minimum atomic E-state index is -0.117. The molecule has 6 nitrogen and oxygen atoms in total. The van der Waals surface area contributed by atoms with Gasteiger partial charge in [0.25, 0.3) is 0 Å². The van der Waals surface area contributed by atoms with Gasteiger partial charge in [0.2, 0.25) is 17.6 Å².